The molecule has 1 aliphatic carbocycles. The molecule has 182 valence electrons. The molecule has 0 unspecified atom stereocenters. The van der Waals surface area contributed by atoms with Crippen LogP contribution in [0.25, 0.3) is 0 Å². The van der Waals surface area contributed by atoms with Gasteiger partial charge in [0.15, 0.2) is 29.1 Å². The van der Waals surface area contributed by atoms with Gasteiger partial charge < -0.3 is 5.73 Å². The van der Waals surface area contributed by atoms with Gasteiger partial charge >= 0.3 is 6.18 Å². The van der Waals surface area contributed by atoms with Gasteiger partial charge in [0.2, 0.25) is 5.82 Å². The summed E-state index contributed by atoms with van der Waals surface area (Å²) in [6.07, 6.45) is -5.11. The Labute approximate surface area is 192 Å². The molecule has 4 rings (SSSR count). The van der Waals surface area contributed by atoms with Gasteiger partial charge in [0.25, 0.3) is 0 Å². The second-order valence-electron chi connectivity index (χ2n) is 7.81. The molecule has 0 fully saturated rings. The molecule has 1 atom stereocenters. The maximum absolute atomic E-state index is 14.8. The van der Waals surface area contributed by atoms with Gasteiger partial charge in [-0.2, -0.15) is 18.4 Å². The van der Waals surface area contributed by atoms with Crippen LogP contribution in [0.3, 0.4) is 0 Å². The Morgan fingerprint density at radius 1 is 0.943 bits per heavy atom. The minimum Gasteiger partial charge on any atom is -0.384 e. The summed E-state index contributed by atoms with van der Waals surface area (Å²) in [5.74, 6) is -15.3. The molecule has 0 saturated carbocycles. The minimum atomic E-state index is -4.89. The number of hydrogen-bond donors (Lipinski definition) is 1. The molecule has 0 spiro atoms. The lowest BCUT2D eigenvalue weighted by molar-refractivity contribution is -0.137. The average Bonchev–Trinajstić information content (AvgIpc) is 2.81. The second kappa shape index (κ2) is 8.41. The standard InChI is InChI=1S/C23H13F8N3O/c24-17-16(18(25)20(27)21(28)19(17)26)14-9(8-32)22(33)34(12-6-3-7-13(35)15(12)14)11-5-2-1-4-10(11)23(29,30)31/h1-2,4-5,14H,3,6-7,33H2/t14-/m0/s1. The summed E-state index contributed by atoms with van der Waals surface area (Å²) in [7, 11) is 0. The molecule has 35 heavy (non-hydrogen) atoms. The number of ketones is 1. The number of nitrogens with zero attached hydrogens (tertiary/aromatic N) is 2. The van der Waals surface area contributed by atoms with Gasteiger partial charge in [-0.25, -0.2) is 22.0 Å². The van der Waals surface area contributed by atoms with E-state index in [1.54, 1.807) is 0 Å². The number of alkyl halides is 3. The van der Waals surface area contributed by atoms with Crippen LogP contribution in [0.2, 0.25) is 0 Å². The van der Waals surface area contributed by atoms with Crippen LogP contribution >= 0.6 is 0 Å². The summed E-state index contributed by atoms with van der Waals surface area (Å²) in [6.45, 7) is 0. The molecule has 2 aromatic rings. The molecule has 4 nitrogen and oxygen atoms in total. The highest BCUT2D eigenvalue weighted by atomic mass is 19.4. The summed E-state index contributed by atoms with van der Waals surface area (Å²) in [5, 5.41) is 9.76. The van der Waals surface area contributed by atoms with Crippen molar-refractivity contribution >= 4 is 11.5 Å². The van der Waals surface area contributed by atoms with Gasteiger partial charge in [0.05, 0.1) is 28.8 Å². The van der Waals surface area contributed by atoms with E-state index < -0.39 is 80.7 Å². The van der Waals surface area contributed by atoms with E-state index in [4.69, 9.17) is 5.73 Å². The normalized spacial score (nSPS) is 18.7. The number of nitriles is 1. The van der Waals surface area contributed by atoms with E-state index >= 15 is 0 Å². The fourth-order valence-corrected chi connectivity index (χ4v) is 4.43. The van der Waals surface area contributed by atoms with E-state index in [1.165, 1.54) is 12.1 Å². The lowest BCUT2D eigenvalue weighted by Crippen LogP contribution is -2.40. The third-order valence-corrected chi connectivity index (χ3v) is 5.90. The van der Waals surface area contributed by atoms with Gasteiger partial charge in [0.1, 0.15) is 5.82 Å². The predicted molar refractivity (Wildman–Crippen MR) is 106 cm³/mol. The van der Waals surface area contributed by atoms with Crippen molar-refractivity contribution in [3.05, 3.63) is 87.1 Å². The predicted octanol–water partition coefficient (Wildman–Crippen LogP) is 5.71. The molecule has 2 N–H and O–H groups in total. The third kappa shape index (κ3) is 3.62. The SMILES string of the molecule is N#CC1=C(N)N(c2ccccc2C(F)(F)F)C2=C(C(=O)CCC2)[C@H]1c1c(F)c(F)c(F)c(F)c1F. The molecule has 2 aliphatic rings. The zero-order valence-corrected chi connectivity index (χ0v) is 17.4. The number of allylic oxidation sites excluding steroid dienone is 3. The number of rotatable bonds is 2. The van der Waals surface area contributed by atoms with Crippen LogP contribution in [0.1, 0.15) is 36.3 Å². The number of anilines is 1. The number of carbonyl (C=O) groups is 1. The third-order valence-electron chi connectivity index (χ3n) is 5.90. The molecule has 2 aromatic carbocycles. The number of nitrogens with two attached hydrogens (primary N) is 1. The number of hydrogen-bond acceptors (Lipinski definition) is 4. The van der Waals surface area contributed by atoms with Gasteiger partial charge in [-0.1, -0.05) is 12.1 Å². The molecular weight excluding hydrogens is 486 g/mol. The van der Waals surface area contributed by atoms with Crippen molar-refractivity contribution in [2.24, 2.45) is 5.73 Å². The summed E-state index contributed by atoms with van der Waals surface area (Å²) < 4.78 is 112. The highest BCUT2D eigenvalue weighted by Crippen LogP contribution is 2.49. The summed E-state index contributed by atoms with van der Waals surface area (Å²) in [4.78, 5) is 13.7. The average molecular weight is 499 g/mol. The number of halogens is 8. The van der Waals surface area contributed by atoms with Crippen LogP contribution in [0.4, 0.5) is 40.8 Å². The van der Waals surface area contributed by atoms with E-state index in [-0.39, 0.29) is 25.0 Å². The maximum atomic E-state index is 14.8. The van der Waals surface area contributed by atoms with Crippen molar-refractivity contribution in [2.45, 2.75) is 31.4 Å². The highest BCUT2D eigenvalue weighted by molar-refractivity contribution is 6.01. The molecule has 0 aromatic heterocycles. The van der Waals surface area contributed by atoms with E-state index in [0.717, 1.165) is 23.1 Å². The van der Waals surface area contributed by atoms with Crippen LogP contribution in [0.15, 0.2) is 46.9 Å². The maximum Gasteiger partial charge on any atom is 0.418 e. The van der Waals surface area contributed by atoms with Crippen molar-refractivity contribution in [3.63, 3.8) is 0 Å². The van der Waals surface area contributed by atoms with Crippen molar-refractivity contribution in [1.29, 1.82) is 5.26 Å². The van der Waals surface area contributed by atoms with Crippen LogP contribution in [0.5, 0.6) is 0 Å². The van der Waals surface area contributed by atoms with Crippen LogP contribution in [0, 0.1) is 40.4 Å². The van der Waals surface area contributed by atoms with Crippen LogP contribution in [-0.2, 0) is 11.0 Å². The Morgan fingerprint density at radius 3 is 2.09 bits per heavy atom. The number of Topliss-reactive ketones (excluding diaryl/α,β-unsaturated/α-hetero) is 1. The molecule has 0 saturated heterocycles. The van der Waals surface area contributed by atoms with Crippen LogP contribution < -0.4 is 10.6 Å². The monoisotopic (exact) mass is 499 g/mol. The van der Waals surface area contributed by atoms with Crippen molar-refractivity contribution in [3.8, 4) is 6.07 Å². The van der Waals surface area contributed by atoms with E-state index in [1.807, 2.05) is 0 Å². The van der Waals surface area contributed by atoms with E-state index in [0.29, 0.717) is 0 Å². The Hall–Kier alpha value is -3.88. The van der Waals surface area contributed by atoms with E-state index in [9.17, 15) is 45.2 Å². The lowest BCUT2D eigenvalue weighted by Gasteiger charge is -2.40. The van der Waals surface area contributed by atoms with Crippen molar-refractivity contribution in [1.82, 2.24) is 0 Å². The smallest absolute Gasteiger partial charge is 0.384 e. The van der Waals surface area contributed by atoms with Crippen molar-refractivity contribution in [2.75, 3.05) is 4.90 Å². The first-order chi connectivity index (χ1) is 16.4. The lowest BCUT2D eigenvalue weighted by atomic mass is 9.75. The first-order valence-corrected chi connectivity index (χ1v) is 10.0. The van der Waals surface area contributed by atoms with Gasteiger partial charge in [-0.05, 0) is 25.0 Å². The van der Waals surface area contributed by atoms with Crippen LogP contribution in [-0.4, -0.2) is 5.78 Å². The molecule has 1 aliphatic heterocycles. The Bertz CT molecular complexity index is 1340. The van der Waals surface area contributed by atoms with E-state index in [2.05, 4.69) is 0 Å². The molecule has 1 heterocycles. The van der Waals surface area contributed by atoms with Crippen molar-refractivity contribution < 1.29 is 39.9 Å². The summed E-state index contributed by atoms with van der Waals surface area (Å²) >= 11 is 0. The number of benzene rings is 2. The first kappa shape index (κ1) is 24.3. The molecule has 0 radical (unpaired) electrons. The zero-order chi connectivity index (χ0) is 25.8. The Morgan fingerprint density at radius 2 is 1.51 bits per heavy atom. The molecular formula is C23H13F8N3O. The fourth-order valence-electron chi connectivity index (χ4n) is 4.43. The van der Waals surface area contributed by atoms with Gasteiger partial charge in [-0.15, -0.1) is 0 Å². The number of carbonyl (C=O) groups excluding carboxylic acids is 1. The minimum absolute atomic E-state index is 0.112. The summed E-state index contributed by atoms with van der Waals surface area (Å²) in [6, 6.07) is 5.59. The molecule has 0 bridgehead atoms. The first-order valence-electron chi connectivity index (χ1n) is 10.0. The topological polar surface area (TPSA) is 70.1 Å². The Kier molecular flexibility index (Phi) is 5.82. The zero-order valence-electron chi connectivity index (χ0n) is 17.4. The fraction of sp³-hybridized carbons (Fsp3) is 0.217. The number of para-hydroxylation sites is 1. The summed E-state index contributed by atoms with van der Waals surface area (Å²) in [5.41, 5.74) is 1.19. The van der Waals surface area contributed by atoms with Gasteiger partial charge in [0, 0.05) is 23.3 Å². The molecule has 0 amide bonds. The quantitative estimate of drug-likeness (QED) is 0.327. The Balaban J connectivity index is 2.09. The molecule has 12 heteroatoms. The second-order valence-corrected chi connectivity index (χ2v) is 7.81. The largest absolute Gasteiger partial charge is 0.418 e. The highest BCUT2D eigenvalue weighted by Gasteiger charge is 2.46. The van der Waals surface area contributed by atoms with Gasteiger partial charge in [-0.3, -0.25) is 9.69 Å².